The van der Waals surface area contributed by atoms with Crippen LogP contribution in [-0.4, -0.2) is 36.7 Å². The molecule has 1 fully saturated rings. The van der Waals surface area contributed by atoms with Crippen LogP contribution in [0.25, 0.3) is 10.2 Å². The summed E-state index contributed by atoms with van der Waals surface area (Å²) in [7, 11) is -3.76. The van der Waals surface area contributed by atoms with Gasteiger partial charge in [0.05, 0.1) is 15.5 Å². The quantitative estimate of drug-likeness (QED) is 0.616. The number of carbonyl (C=O) groups excluding carboxylic acids is 1. The highest BCUT2D eigenvalue weighted by Crippen LogP contribution is 2.30. The predicted octanol–water partition coefficient (Wildman–Crippen LogP) is 4.27. The molecule has 2 heterocycles. The molecule has 1 aliphatic heterocycles. The first-order valence-corrected chi connectivity index (χ1v) is 11.7. The number of hydrogen-bond donors (Lipinski definition) is 1. The van der Waals surface area contributed by atoms with Crippen LogP contribution in [0.15, 0.2) is 41.3 Å². The number of halogens is 3. The van der Waals surface area contributed by atoms with Gasteiger partial charge in [0.1, 0.15) is 11.3 Å². The lowest BCUT2D eigenvalue weighted by Crippen LogP contribution is -2.43. The minimum Gasteiger partial charge on any atom is -0.302 e. The Morgan fingerprint density at radius 1 is 1.23 bits per heavy atom. The van der Waals surface area contributed by atoms with Crippen LogP contribution in [0.2, 0.25) is 5.02 Å². The molecule has 1 atom stereocenters. The summed E-state index contributed by atoms with van der Waals surface area (Å²) in [5.74, 6) is -2.53. The normalized spacial score (nSPS) is 17.9. The molecule has 1 aliphatic rings. The molecule has 0 bridgehead atoms. The fourth-order valence-electron chi connectivity index (χ4n) is 3.35. The number of aromatic nitrogens is 1. The zero-order valence-corrected chi connectivity index (χ0v) is 17.8. The van der Waals surface area contributed by atoms with Gasteiger partial charge in [-0.1, -0.05) is 22.9 Å². The molecule has 1 amide bonds. The second kappa shape index (κ2) is 8.18. The molecular formula is C19H16ClF2N3O3S2. The Balaban J connectivity index is 1.50. The van der Waals surface area contributed by atoms with Crippen LogP contribution in [0.4, 0.5) is 13.9 Å². The van der Waals surface area contributed by atoms with E-state index >= 15 is 0 Å². The van der Waals surface area contributed by atoms with Gasteiger partial charge >= 0.3 is 0 Å². The third-order valence-electron chi connectivity index (χ3n) is 4.85. The van der Waals surface area contributed by atoms with E-state index in [1.165, 1.54) is 28.6 Å². The SMILES string of the molecule is O=C(Nc1nc2c(F)cc(F)cc2s1)C1CCCN(S(=O)(=O)c2ccc(Cl)cc2)C1. The van der Waals surface area contributed by atoms with Crippen molar-refractivity contribution in [1.82, 2.24) is 9.29 Å². The third-order valence-corrected chi connectivity index (χ3v) is 7.90. The van der Waals surface area contributed by atoms with Gasteiger partial charge in [-0.15, -0.1) is 0 Å². The summed E-state index contributed by atoms with van der Waals surface area (Å²) in [5.41, 5.74) is -0.0210. The van der Waals surface area contributed by atoms with Gasteiger partial charge in [-0.3, -0.25) is 4.79 Å². The van der Waals surface area contributed by atoms with Crippen LogP contribution >= 0.6 is 22.9 Å². The first-order chi connectivity index (χ1) is 14.2. The van der Waals surface area contributed by atoms with Crippen molar-refractivity contribution in [3.05, 3.63) is 53.1 Å². The maximum atomic E-state index is 13.8. The van der Waals surface area contributed by atoms with Gasteiger partial charge < -0.3 is 5.32 Å². The van der Waals surface area contributed by atoms with Gasteiger partial charge in [-0.2, -0.15) is 4.31 Å². The highest BCUT2D eigenvalue weighted by molar-refractivity contribution is 7.89. The Bertz CT molecular complexity index is 1220. The van der Waals surface area contributed by atoms with Crippen LogP contribution in [0, 0.1) is 17.6 Å². The second-order valence-electron chi connectivity index (χ2n) is 6.90. The number of piperidine rings is 1. The lowest BCUT2D eigenvalue weighted by atomic mass is 9.99. The van der Waals surface area contributed by atoms with Crippen molar-refractivity contribution >= 4 is 54.2 Å². The summed E-state index contributed by atoms with van der Waals surface area (Å²) >= 11 is 6.78. The zero-order chi connectivity index (χ0) is 21.5. The standard InChI is InChI=1S/C19H16ClF2N3O3S2/c20-12-3-5-14(6-4-12)30(27,28)25-7-1-2-11(10-25)18(26)24-19-23-17-15(22)8-13(21)9-16(17)29-19/h3-6,8-9,11H,1-2,7,10H2,(H,23,24,26). The smallest absolute Gasteiger partial charge is 0.243 e. The van der Waals surface area contributed by atoms with Gasteiger partial charge in [0.15, 0.2) is 10.9 Å². The van der Waals surface area contributed by atoms with Crippen molar-refractivity contribution in [2.24, 2.45) is 5.92 Å². The van der Waals surface area contributed by atoms with Crippen LogP contribution in [0.1, 0.15) is 12.8 Å². The molecular weight excluding hydrogens is 456 g/mol. The summed E-state index contributed by atoms with van der Waals surface area (Å²) in [4.78, 5) is 16.8. The fraction of sp³-hybridized carbons (Fsp3) is 0.263. The topological polar surface area (TPSA) is 79.4 Å². The number of benzene rings is 2. The van der Waals surface area contributed by atoms with Crippen molar-refractivity contribution in [2.45, 2.75) is 17.7 Å². The van der Waals surface area contributed by atoms with Crippen molar-refractivity contribution in [2.75, 3.05) is 18.4 Å². The molecule has 0 saturated carbocycles. The zero-order valence-electron chi connectivity index (χ0n) is 15.4. The number of amides is 1. The molecule has 1 aromatic heterocycles. The molecule has 30 heavy (non-hydrogen) atoms. The van der Waals surface area contributed by atoms with Gasteiger partial charge in [0.25, 0.3) is 0 Å². The van der Waals surface area contributed by atoms with E-state index in [9.17, 15) is 22.0 Å². The third kappa shape index (κ3) is 4.18. The minimum absolute atomic E-state index is 0.0185. The van der Waals surface area contributed by atoms with Gasteiger partial charge in [0.2, 0.25) is 15.9 Å². The lowest BCUT2D eigenvalue weighted by Gasteiger charge is -2.31. The molecule has 3 aromatic rings. The highest BCUT2D eigenvalue weighted by atomic mass is 35.5. The predicted molar refractivity (Wildman–Crippen MR) is 111 cm³/mol. The molecule has 1 unspecified atom stereocenters. The van der Waals surface area contributed by atoms with Gasteiger partial charge in [-0.25, -0.2) is 22.2 Å². The van der Waals surface area contributed by atoms with Crippen molar-refractivity contribution in [3.63, 3.8) is 0 Å². The molecule has 1 saturated heterocycles. The van der Waals surface area contributed by atoms with E-state index in [2.05, 4.69) is 10.3 Å². The van der Waals surface area contributed by atoms with E-state index in [4.69, 9.17) is 11.6 Å². The number of fused-ring (bicyclic) bond motifs is 1. The molecule has 6 nitrogen and oxygen atoms in total. The minimum atomic E-state index is -3.76. The Morgan fingerprint density at radius 2 is 1.97 bits per heavy atom. The van der Waals surface area contributed by atoms with Crippen LogP contribution in [0.3, 0.4) is 0 Å². The number of nitrogens with one attached hydrogen (secondary N) is 1. The number of carbonyl (C=O) groups is 1. The van der Waals surface area contributed by atoms with E-state index in [1.807, 2.05) is 0 Å². The molecule has 2 aromatic carbocycles. The lowest BCUT2D eigenvalue weighted by molar-refractivity contribution is -0.120. The van der Waals surface area contributed by atoms with Crippen LogP contribution in [-0.2, 0) is 14.8 Å². The maximum absolute atomic E-state index is 13.8. The molecule has 4 rings (SSSR count). The molecule has 11 heteroatoms. The van der Waals surface area contributed by atoms with Gasteiger partial charge in [-0.05, 0) is 43.2 Å². The molecule has 0 radical (unpaired) electrons. The first-order valence-electron chi connectivity index (χ1n) is 9.06. The second-order valence-corrected chi connectivity index (χ2v) is 10.3. The van der Waals surface area contributed by atoms with E-state index in [-0.39, 0.29) is 26.8 Å². The number of rotatable bonds is 4. The number of nitrogens with zero attached hydrogens (tertiary/aromatic N) is 2. The Kier molecular flexibility index (Phi) is 5.75. The molecule has 1 N–H and O–H groups in total. The van der Waals surface area contributed by atoms with Crippen LogP contribution < -0.4 is 5.32 Å². The number of thiazole rings is 1. The fourth-order valence-corrected chi connectivity index (χ4v) is 5.91. The average molecular weight is 472 g/mol. The number of sulfonamides is 1. The first kappa shape index (κ1) is 21.1. The van der Waals surface area contributed by atoms with Gasteiger partial charge in [0, 0.05) is 24.2 Å². The van der Waals surface area contributed by atoms with E-state index in [1.54, 1.807) is 0 Å². The van der Waals surface area contributed by atoms with Crippen LogP contribution in [0.5, 0.6) is 0 Å². The molecule has 0 spiro atoms. The Labute approximate surface area is 180 Å². The summed E-state index contributed by atoms with van der Waals surface area (Å²) in [6.07, 6.45) is 1.02. The summed E-state index contributed by atoms with van der Waals surface area (Å²) in [5, 5.41) is 3.17. The maximum Gasteiger partial charge on any atom is 0.243 e. The summed E-state index contributed by atoms with van der Waals surface area (Å²) in [6, 6.07) is 7.72. The van der Waals surface area contributed by atoms with Crippen molar-refractivity contribution in [3.8, 4) is 0 Å². The number of hydrogen-bond acceptors (Lipinski definition) is 5. The Hall–Kier alpha value is -2.14. The average Bonchev–Trinajstić information content (AvgIpc) is 3.11. The van der Waals surface area contributed by atoms with E-state index in [0.717, 1.165) is 23.5 Å². The Morgan fingerprint density at radius 3 is 2.70 bits per heavy atom. The van der Waals surface area contributed by atoms with E-state index in [0.29, 0.717) is 24.4 Å². The molecule has 158 valence electrons. The van der Waals surface area contributed by atoms with E-state index < -0.39 is 33.5 Å². The summed E-state index contributed by atoms with van der Waals surface area (Å²) < 4.78 is 54.5. The van der Waals surface area contributed by atoms with Crippen molar-refractivity contribution in [1.29, 1.82) is 0 Å². The highest BCUT2D eigenvalue weighted by Gasteiger charge is 2.33. The molecule has 0 aliphatic carbocycles. The van der Waals surface area contributed by atoms with Crippen molar-refractivity contribution < 1.29 is 22.0 Å². The number of anilines is 1. The summed E-state index contributed by atoms with van der Waals surface area (Å²) in [6.45, 7) is 0.324. The largest absolute Gasteiger partial charge is 0.302 e. The monoisotopic (exact) mass is 471 g/mol.